The van der Waals surface area contributed by atoms with E-state index < -0.39 is 0 Å². The van der Waals surface area contributed by atoms with E-state index in [4.69, 9.17) is 4.74 Å². The Bertz CT molecular complexity index is 347. The van der Waals surface area contributed by atoms with E-state index in [-0.39, 0.29) is 12.2 Å². The summed E-state index contributed by atoms with van der Waals surface area (Å²) in [5.74, 6) is 0. The van der Waals surface area contributed by atoms with Gasteiger partial charge in [0, 0.05) is 19.3 Å². The van der Waals surface area contributed by atoms with Crippen LogP contribution in [0.25, 0.3) is 0 Å². The van der Waals surface area contributed by atoms with Crippen molar-refractivity contribution in [2.45, 2.75) is 12.5 Å². The molecule has 1 unspecified atom stereocenters. The number of nitrogens with zero attached hydrogens (tertiary/aromatic N) is 1. The molecule has 2 rings (SSSR count). The van der Waals surface area contributed by atoms with Crippen molar-refractivity contribution >= 4 is 11.8 Å². The average molecular weight is 220 g/mol. The number of hydrogen-bond acceptors (Lipinski definition) is 3. The highest BCUT2D eigenvalue weighted by Crippen LogP contribution is 2.14. The molecule has 4 heteroatoms. The van der Waals surface area contributed by atoms with Gasteiger partial charge in [-0.1, -0.05) is 18.2 Å². The molecule has 1 N–H and O–H groups in total. The molecular formula is C12H16N2O2. The van der Waals surface area contributed by atoms with E-state index in [0.29, 0.717) is 0 Å². The fourth-order valence-electron chi connectivity index (χ4n) is 1.71. The number of benzene rings is 1. The maximum Gasteiger partial charge on any atom is 0.414 e. The second-order valence-corrected chi connectivity index (χ2v) is 3.89. The standard InChI is InChI=1S/C12H16N2O2/c1-14(10-5-3-2-4-6-10)12(15)16-11-7-8-13-9-11/h2-6,11,13H,7-9H2,1H3. The van der Waals surface area contributed by atoms with Crippen LogP contribution in [0.5, 0.6) is 0 Å². The van der Waals surface area contributed by atoms with Crippen molar-refractivity contribution < 1.29 is 9.53 Å². The smallest absolute Gasteiger partial charge is 0.414 e. The molecule has 0 saturated carbocycles. The number of nitrogens with one attached hydrogen (secondary N) is 1. The Morgan fingerprint density at radius 3 is 2.81 bits per heavy atom. The minimum absolute atomic E-state index is 0.0127. The van der Waals surface area contributed by atoms with E-state index in [1.54, 1.807) is 7.05 Å². The summed E-state index contributed by atoms with van der Waals surface area (Å²) in [7, 11) is 1.72. The zero-order valence-electron chi connectivity index (χ0n) is 9.35. The molecule has 1 amide bonds. The largest absolute Gasteiger partial charge is 0.444 e. The molecular weight excluding hydrogens is 204 g/mol. The van der Waals surface area contributed by atoms with Gasteiger partial charge in [-0.05, 0) is 25.1 Å². The second kappa shape index (κ2) is 4.99. The van der Waals surface area contributed by atoms with Crippen LogP contribution in [0.1, 0.15) is 6.42 Å². The fraction of sp³-hybridized carbons (Fsp3) is 0.417. The second-order valence-electron chi connectivity index (χ2n) is 3.89. The van der Waals surface area contributed by atoms with E-state index >= 15 is 0 Å². The van der Waals surface area contributed by atoms with E-state index in [2.05, 4.69) is 5.32 Å². The first-order chi connectivity index (χ1) is 7.77. The third kappa shape index (κ3) is 2.52. The van der Waals surface area contributed by atoms with E-state index in [0.717, 1.165) is 25.2 Å². The summed E-state index contributed by atoms with van der Waals surface area (Å²) in [5.41, 5.74) is 0.846. The summed E-state index contributed by atoms with van der Waals surface area (Å²) in [5, 5.41) is 3.16. The monoisotopic (exact) mass is 220 g/mol. The van der Waals surface area contributed by atoms with Crippen LogP contribution in [-0.4, -0.2) is 32.3 Å². The molecule has 1 heterocycles. The van der Waals surface area contributed by atoms with E-state index in [1.807, 2.05) is 30.3 Å². The summed E-state index contributed by atoms with van der Waals surface area (Å²) >= 11 is 0. The maximum absolute atomic E-state index is 11.8. The van der Waals surface area contributed by atoms with Gasteiger partial charge >= 0.3 is 6.09 Å². The van der Waals surface area contributed by atoms with Crippen molar-refractivity contribution in [3.8, 4) is 0 Å². The Morgan fingerprint density at radius 1 is 1.44 bits per heavy atom. The van der Waals surface area contributed by atoms with Gasteiger partial charge in [-0.3, -0.25) is 4.90 Å². The van der Waals surface area contributed by atoms with Crippen molar-refractivity contribution in [3.05, 3.63) is 30.3 Å². The number of carbonyl (C=O) groups excluding carboxylic acids is 1. The Labute approximate surface area is 95.2 Å². The molecule has 0 radical (unpaired) electrons. The van der Waals surface area contributed by atoms with Crippen LogP contribution < -0.4 is 10.2 Å². The summed E-state index contributed by atoms with van der Waals surface area (Å²) in [4.78, 5) is 13.3. The molecule has 86 valence electrons. The quantitative estimate of drug-likeness (QED) is 0.823. The van der Waals surface area contributed by atoms with Gasteiger partial charge < -0.3 is 10.1 Å². The molecule has 0 spiro atoms. The van der Waals surface area contributed by atoms with Gasteiger partial charge in [-0.25, -0.2) is 4.79 Å². The Kier molecular flexibility index (Phi) is 3.41. The first kappa shape index (κ1) is 11.0. The third-order valence-corrected chi connectivity index (χ3v) is 2.70. The summed E-state index contributed by atoms with van der Waals surface area (Å²) in [6.07, 6.45) is 0.618. The van der Waals surface area contributed by atoms with Crippen LogP contribution in [0, 0.1) is 0 Å². The van der Waals surface area contributed by atoms with Gasteiger partial charge in [0.2, 0.25) is 0 Å². The van der Waals surface area contributed by atoms with Gasteiger partial charge in [0.25, 0.3) is 0 Å². The van der Waals surface area contributed by atoms with Crippen LogP contribution in [0.15, 0.2) is 30.3 Å². The number of hydrogen-bond donors (Lipinski definition) is 1. The lowest BCUT2D eigenvalue weighted by molar-refractivity contribution is 0.115. The fourth-order valence-corrected chi connectivity index (χ4v) is 1.71. The summed E-state index contributed by atoms with van der Waals surface area (Å²) in [6, 6.07) is 9.48. The predicted molar refractivity (Wildman–Crippen MR) is 62.6 cm³/mol. The molecule has 1 aromatic carbocycles. The van der Waals surface area contributed by atoms with Crippen molar-refractivity contribution in [3.63, 3.8) is 0 Å². The number of amides is 1. The molecule has 1 saturated heterocycles. The van der Waals surface area contributed by atoms with Crippen molar-refractivity contribution in [2.24, 2.45) is 0 Å². The maximum atomic E-state index is 11.8. The number of anilines is 1. The molecule has 1 aromatic rings. The van der Waals surface area contributed by atoms with Gasteiger partial charge in [0.1, 0.15) is 6.10 Å². The number of para-hydroxylation sites is 1. The van der Waals surface area contributed by atoms with Crippen molar-refractivity contribution in [1.29, 1.82) is 0 Å². The molecule has 1 atom stereocenters. The zero-order valence-corrected chi connectivity index (χ0v) is 9.35. The first-order valence-electron chi connectivity index (χ1n) is 5.47. The lowest BCUT2D eigenvalue weighted by Gasteiger charge is -2.19. The highest BCUT2D eigenvalue weighted by Gasteiger charge is 2.21. The van der Waals surface area contributed by atoms with Crippen LogP contribution in [0.2, 0.25) is 0 Å². The van der Waals surface area contributed by atoms with Crippen molar-refractivity contribution in [2.75, 3.05) is 25.0 Å². The zero-order chi connectivity index (χ0) is 11.4. The van der Waals surface area contributed by atoms with Gasteiger partial charge in [-0.2, -0.15) is 0 Å². The number of rotatable bonds is 2. The molecule has 0 aliphatic carbocycles. The highest BCUT2D eigenvalue weighted by molar-refractivity contribution is 5.86. The van der Waals surface area contributed by atoms with Crippen LogP contribution in [-0.2, 0) is 4.74 Å². The van der Waals surface area contributed by atoms with Gasteiger partial charge in [-0.15, -0.1) is 0 Å². The molecule has 1 aliphatic rings. The molecule has 0 aromatic heterocycles. The third-order valence-electron chi connectivity index (χ3n) is 2.70. The van der Waals surface area contributed by atoms with E-state index in [9.17, 15) is 4.79 Å². The van der Waals surface area contributed by atoms with Crippen LogP contribution in [0.4, 0.5) is 10.5 Å². The molecule has 16 heavy (non-hydrogen) atoms. The SMILES string of the molecule is CN(C(=O)OC1CCNC1)c1ccccc1. The lowest BCUT2D eigenvalue weighted by Crippen LogP contribution is -2.31. The Morgan fingerprint density at radius 2 is 2.19 bits per heavy atom. The number of carbonyl (C=O) groups is 1. The van der Waals surface area contributed by atoms with Crippen LogP contribution in [0.3, 0.4) is 0 Å². The van der Waals surface area contributed by atoms with Gasteiger partial charge in [0.15, 0.2) is 0 Å². The minimum Gasteiger partial charge on any atom is -0.444 e. The average Bonchev–Trinajstić information content (AvgIpc) is 2.82. The molecule has 1 fully saturated rings. The number of ether oxygens (including phenoxy) is 1. The molecule has 4 nitrogen and oxygen atoms in total. The highest BCUT2D eigenvalue weighted by atomic mass is 16.6. The minimum atomic E-state index is -0.292. The summed E-state index contributed by atoms with van der Waals surface area (Å²) < 4.78 is 5.35. The first-order valence-corrected chi connectivity index (χ1v) is 5.47. The molecule has 1 aliphatic heterocycles. The normalized spacial score (nSPS) is 19.4. The Balaban J connectivity index is 1.94. The Hall–Kier alpha value is -1.55. The van der Waals surface area contributed by atoms with Crippen LogP contribution >= 0.6 is 0 Å². The van der Waals surface area contributed by atoms with Gasteiger partial charge in [0.05, 0.1) is 0 Å². The lowest BCUT2D eigenvalue weighted by atomic mass is 10.3. The predicted octanol–water partition coefficient (Wildman–Crippen LogP) is 1.62. The summed E-state index contributed by atoms with van der Waals surface area (Å²) in [6.45, 7) is 1.68. The van der Waals surface area contributed by atoms with E-state index in [1.165, 1.54) is 4.90 Å². The topological polar surface area (TPSA) is 41.6 Å². The van der Waals surface area contributed by atoms with Crippen molar-refractivity contribution in [1.82, 2.24) is 5.32 Å². The molecule has 0 bridgehead atoms.